The first-order valence-electron chi connectivity index (χ1n) is 4.66. The number of allylic oxidation sites excluding steroid dienone is 1. The Hall–Kier alpha value is -0.560. The maximum Gasteiger partial charge on any atom is -0.0121 e. The SMILES string of the molecule is C=C(Br)CCCCc1ccccc1. The van der Waals surface area contributed by atoms with Crippen LogP contribution in [0.4, 0.5) is 0 Å². The summed E-state index contributed by atoms with van der Waals surface area (Å²) in [7, 11) is 0. The van der Waals surface area contributed by atoms with Crippen molar-refractivity contribution >= 4 is 15.9 Å². The average molecular weight is 239 g/mol. The third-order valence-corrected chi connectivity index (χ3v) is 2.40. The molecule has 0 N–H and O–H groups in total. The zero-order valence-corrected chi connectivity index (χ0v) is 9.39. The third-order valence-electron chi connectivity index (χ3n) is 2.01. The summed E-state index contributed by atoms with van der Waals surface area (Å²) in [6, 6.07) is 10.6. The number of unbranched alkanes of at least 4 members (excludes halogenated alkanes) is 1. The molecule has 0 bridgehead atoms. The van der Waals surface area contributed by atoms with Crippen LogP contribution >= 0.6 is 15.9 Å². The lowest BCUT2D eigenvalue weighted by Gasteiger charge is -2.00. The third kappa shape index (κ3) is 4.89. The van der Waals surface area contributed by atoms with Crippen LogP contribution in [0.15, 0.2) is 41.4 Å². The Balaban J connectivity index is 2.17. The number of rotatable bonds is 5. The topological polar surface area (TPSA) is 0 Å². The molecule has 0 saturated heterocycles. The van der Waals surface area contributed by atoms with E-state index in [9.17, 15) is 0 Å². The minimum atomic E-state index is 1.09. The van der Waals surface area contributed by atoms with Gasteiger partial charge in [0.15, 0.2) is 0 Å². The second-order valence-electron chi connectivity index (χ2n) is 3.21. The molecule has 1 aromatic carbocycles. The van der Waals surface area contributed by atoms with Crippen molar-refractivity contribution in [3.8, 4) is 0 Å². The van der Waals surface area contributed by atoms with E-state index in [1.807, 2.05) is 0 Å². The minimum Gasteiger partial charge on any atom is -0.0889 e. The molecule has 0 nitrogen and oxygen atoms in total. The molecule has 1 aromatic rings. The maximum atomic E-state index is 3.82. The summed E-state index contributed by atoms with van der Waals surface area (Å²) >= 11 is 3.37. The number of aryl methyl sites for hydroxylation is 1. The average Bonchev–Trinajstić information content (AvgIpc) is 2.14. The predicted octanol–water partition coefficient (Wildman–Crippen LogP) is 4.31. The predicted molar refractivity (Wildman–Crippen MR) is 62.1 cm³/mol. The summed E-state index contributed by atoms with van der Waals surface area (Å²) in [6.07, 6.45) is 4.74. The van der Waals surface area contributed by atoms with Gasteiger partial charge in [0.1, 0.15) is 0 Å². The Morgan fingerprint density at radius 1 is 1.15 bits per heavy atom. The van der Waals surface area contributed by atoms with E-state index in [1.54, 1.807) is 0 Å². The van der Waals surface area contributed by atoms with Crippen LogP contribution in [0.5, 0.6) is 0 Å². The molecule has 0 aliphatic rings. The fraction of sp³-hybridized carbons (Fsp3) is 0.333. The van der Waals surface area contributed by atoms with Gasteiger partial charge in [-0.15, -0.1) is 0 Å². The van der Waals surface area contributed by atoms with Crippen LogP contribution in [0.25, 0.3) is 0 Å². The number of benzene rings is 1. The van der Waals surface area contributed by atoms with Crippen LogP contribution in [-0.2, 0) is 6.42 Å². The Morgan fingerprint density at radius 3 is 2.46 bits per heavy atom. The van der Waals surface area contributed by atoms with Crippen molar-refractivity contribution < 1.29 is 0 Å². The molecule has 0 spiro atoms. The van der Waals surface area contributed by atoms with Crippen LogP contribution in [0.2, 0.25) is 0 Å². The highest BCUT2D eigenvalue weighted by Crippen LogP contribution is 2.13. The van der Waals surface area contributed by atoms with Crippen LogP contribution in [0.3, 0.4) is 0 Å². The summed E-state index contributed by atoms with van der Waals surface area (Å²) in [4.78, 5) is 0. The van der Waals surface area contributed by atoms with E-state index in [-0.39, 0.29) is 0 Å². The highest BCUT2D eigenvalue weighted by molar-refractivity contribution is 9.11. The van der Waals surface area contributed by atoms with Crippen molar-refractivity contribution in [3.63, 3.8) is 0 Å². The van der Waals surface area contributed by atoms with E-state index in [1.165, 1.54) is 24.8 Å². The van der Waals surface area contributed by atoms with Crippen molar-refractivity contribution in [1.29, 1.82) is 0 Å². The molecule has 70 valence electrons. The summed E-state index contributed by atoms with van der Waals surface area (Å²) in [6.45, 7) is 3.82. The second-order valence-corrected chi connectivity index (χ2v) is 4.33. The second kappa shape index (κ2) is 5.98. The highest BCUT2D eigenvalue weighted by Gasteiger charge is 1.92. The number of hydrogen-bond acceptors (Lipinski definition) is 0. The Labute approximate surface area is 88.8 Å². The molecular formula is C12H15Br. The van der Waals surface area contributed by atoms with Gasteiger partial charge in [-0.2, -0.15) is 0 Å². The molecule has 0 unspecified atom stereocenters. The number of halogens is 1. The summed E-state index contributed by atoms with van der Waals surface area (Å²) in [5, 5.41) is 0. The molecule has 1 heteroatoms. The van der Waals surface area contributed by atoms with Gasteiger partial charge in [-0.05, 0) is 35.7 Å². The van der Waals surface area contributed by atoms with Gasteiger partial charge < -0.3 is 0 Å². The van der Waals surface area contributed by atoms with Gasteiger partial charge in [-0.1, -0.05) is 52.8 Å². The molecule has 0 saturated carbocycles. The van der Waals surface area contributed by atoms with E-state index in [0.717, 1.165) is 10.9 Å². The molecule has 0 aliphatic heterocycles. The van der Waals surface area contributed by atoms with Crippen molar-refractivity contribution in [1.82, 2.24) is 0 Å². The van der Waals surface area contributed by atoms with Crippen molar-refractivity contribution in [2.75, 3.05) is 0 Å². The van der Waals surface area contributed by atoms with Crippen LogP contribution in [-0.4, -0.2) is 0 Å². The molecule has 0 fully saturated rings. The van der Waals surface area contributed by atoms with E-state index < -0.39 is 0 Å². The fourth-order valence-corrected chi connectivity index (χ4v) is 1.57. The van der Waals surface area contributed by atoms with Crippen molar-refractivity contribution in [3.05, 3.63) is 47.0 Å². The Kier molecular flexibility index (Phi) is 4.84. The normalized spacial score (nSPS) is 9.92. The van der Waals surface area contributed by atoms with E-state index in [2.05, 4.69) is 52.8 Å². The van der Waals surface area contributed by atoms with Crippen molar-refractivity contribution in [2.24, 2.45) is 0 Å². The maximum absolute atomic E-state index is 3.82. The van der Waals surface area contributed by atoms with E-state index >= 15 is 0 Å². The summed E-state index contributed by atoms with van der Waals surface area (Å²) in [5.74, 6) is 0. The summed E-state index contributed by atoms with van der Waals surface area (Å²) in [5.41, 5.74) is 1.43. The van der Waals surface area contributed by atoms with Gasteiger partial charge in [0, 0.05) is 0 Å². The molecule has 13 heavy (non-hydrogen) atoms. The largest absolute Gasteiger partial charge is 0.0889 e. The van der Waals surface area contributed by atoms with Gasteiger partial charge in [0.25, 0.3) is 0 Å². The minimum absolute atomic E-state index is 1.09. The van der Waals surface area contributed by atoms with Gasteiger partial charge in [0.2, 0.25) is 0 Å². The Bertz CT molecular complexity index is 251. The van der Waals surface area contributed by atoms with Gasteiger partial charge in [0.05, 0.1) is 0 Å². The molecule has 0 atom stereocenters. The quantitative estimate of drug-likeness (QED) is 0.671. The first-order chi connectivity index (χ1) is 6.29. The van der Waals surface area contributed by atoms with Crippen LogP contribution in [0, 0.1) is 0 Å². The first kappa shape index (κ1) is 10.5. The molecule has 0 aromatic heterocycles. The lowest BCUT2D eigenvalue weighted by molar-refractivity contribution is 0.745. The van der Waals surface area contributed by atoms with Crippen LogP contribution < -0.4 is 0 Å². The zero-order valence-electron chi connectivity index (χ0n) is 7.80. The fourth-order valence-electron chi connectivity index (χ4n) is 1.29. The van der Waals surface area contributed by atoms with Gasteiger partial charge in [-0.3, -0.25) is 0 Å². The standard InChI is InChI=1S/C12H15Br/c1-11(13)7-5-6-10-12-8-3-2-4-9-12/h2-4,8-9H,1,5-7,10H2. The first-order valence-corrected chi connectivity index (χ1v) is 5.45. The molecule has 0 aliphatic carbocycles. The Morgan fingerprint density at radius 2 is 1.85 bits per heavy atom. The zero-order chi connectivity index (χ0) is 9.52. The highest BCUT2D eigenvalue weighted by atomic mass is 79.9. The van der Waals surface area contributed by atoms with Crippen molar-refractivity contribution in [2.45, 2.75) is 25.7 Å². The monoisotopic (exact) mass is 238 g/mol. The molecule has 0 heterocycles. The summed E-state index contributed by atoms with van der Waals surface area (Å²) < 4.78 is 1.11. The van der Waals surface area contributed by atoms with Crippen LogP contribution in [0.1, 0.15) is 24.8 Å². The van der Waals surface area contributed by atoms with E-state index in [4.69, 9.17) is 0 Å². The van der Waals surface area contributed by atoms with Gasteiger partial charge >= 0.3 is 0 Å². The van der Waals surface area contributed by atoms with Gasteiger partial charge in [-0.25, -0.2) is 0 Å². The lowest BCUT2D eigenvalue weighted by Crippen LogP contribution is -1.84. The lowest BCUT2D eigenvalue weighted by atomic mass is 10.1. The molecular weight excluding hydrogens is 224 g/mol. The smallest absolute Gasteiger partial charge is 0.0121 e. The molecule has 0 radical (unpaired) electrons. The molecule has 1 rings (SSSR count). The number of hydrogen-bond donors (Lipinski definition) is 0. The van der Waals surface area contributed by atoms with E-state index in [0.29, 0.717) is 0 Å². The molecule has 0 amide bonds.